The lowest BCUT2D eigenvalue weighted by atomic mass is 9.92. The Morgan fingerprint density at radius 2 is 2.08 bits per heavy atom. The summed E-state index contributed by atoms with van der Waals surface area (Å²) in [6.45, 7) is 5.81. The van der Waals surface area contributed by atoms with Crippen molar-refractivity contribution in [3.8, 4) is 0 Å². The van der Waals surface area contributed by atoms with Crippen LogP contribution in [0.3, 0.4) is 0 Å². The average Bonchev–Trinajstić information content (AvgIpc) is 2.08. The molecule has 68 valence electrons. The summed E-state index contributed by atoms with van der Waals surface area (Å²) in [4.78, 5) is 4.47. The molecule has 0 unspecified atom stereocenters. The molecule has 1 aliphatic rings. The minimum Gasteiger partial charge on any atom is -0.329 e. The van der Waals surface area contributed by atoms with E-state index in [-0.39, 0.29) is 0 Å². The molecule has 2 nitrogen and oxygen atoms in total. The molecule has 0 heterocycles. The summed E-state index contributed by atoms with van der Waals surface area (Å²) in [6.07, 6.45) is 3.64. The largest absolute Gasteiger partial charge is 0.329 e. The maximum Gasteiger partial charge on any atom is 0.0515 e. The van der Waals surface area contributed by atoms with Crippen molar-refractivity contribution in [2.24, 2.45) is 10.7 Å². The van der Waals surface area contributed by atoms with Crippen LogP contribution in [0.2, 0.25) is 0 Å². The number of rotatable bonds is 2. The van der Waals surface area contributed by atoms with E-state index >= 15 is 0 Å². The van der Waals surface area contributed by atoms with Gasteiger partial charge in [0.1, 0.15) is 0 Å². The number of aliphatic imine (C=N–C) groups is 1. The Labute approximate surface area is 74.6 Å². The average molecular weight is 166 g/mol. The lowest BCUT2D eigenvalue weighted by Gasteiger charge is -2.16. The van der Waals surface area contributed by atoms with Gasteiger partial charge in [0.25, 0.3) is 0 Å². The number of nitrogens with zero attached hydrogens (tertiary/aromatic N) is 1. The van der Waals surface area contributed by atoms with E-state index in [9.17, 15) is 0 Å². The van der Waals surface area contributed by atoms with E-state index < -0.39 is 0 Å². The van der Waals surface area contributed by atoms with Crippen LogP contribution in [-0.2, 0) is 0 Å². The van der Waals surface area contributed by atoms with E-state index in [1.807, 2.05) is 0 Å². The SMILES string of the molecule is CC1=C(C)C(=NCCN)CCC1. The summed E-state index contributed by atoms with van der Waals surface area (Å²) in [5, 5.41) is 0. The highest BCUT2D eigenvalue weighted by atomic mass is 14.8. The van der Waals surface area contributed by atoms with Crippen LogP contribution in [-0.4, -0.2) is 18.8 Å². The van der Waals surface area contributed by atoms with E-state index in [1.165, 1.54) is 29.7 Å². The molecule has 2 N–H and O–H groups in total. The molecule has 0 aromatic heterocycles. The first kappa shape index (κ1) is 9.46. The van der Waals surface area contributed by atoms with Gasteiger partial charge < -0.3 is 5.73 Å². The summed E-state index contributed by atoms with van der Waals surface area (Å²) in [5.41, 5.74) is 9.58. The molecule has 2 heteroatoms. The lowest BCUT2D eigenvalue weighted by molar-refractivity contribution is 0.813. The standard InChI is InChI=1S/C10H18N2/c1-8-4-3-5-10(9(8)2)12-7-6-11/h3-7,11H2,1-2H3. The van der Waals surface area contributed by atoms with Crippen molar-refractivity contribution >= 4 is 5.71 Å². The molecule has 0 saturated carbocycles. The lowest BCUT2D eigenvalue weighted by Crippen LogP contribution is -2.11. The third-order valence-corrected chi connectivity index (χ3v) is 2.47. The Hall–Kier alpha value is -0.630. The second-order valence-corrected chi connectivity index (χ2v) is 3.38. The van der Waals surface area contributed by atoms with Gasteiger partial charge in [-0.1, -0.05) is 5.57 Å². The number of hydrogen-bond donors (Lipinski definition) is 1. The van der Waals surface area contributed by atoms with Gasteiger partial charge in [0.2, 0.25) is 0 Å². The van der Waals surface area contributed by atoms with Crippen molar-refractivity contribution in [2.75, 3.05) is 13.1 Å². The van der Waals surface area contributed by atoms with Crippen molar-refractivity contribution in [2.45, 2.75) is 33.1 Å². The second-order valence-electron chi connectivity index (χ2n) is 3.38. The van der Waals surface area contributed by atoms with E-state index in [0.717, 1.165) is 13.0 Å². The normalized spacial score (nSPS) is 22.1. The molecular formula is C10H18N2. The third kappa shape index (κ3) is 2.18. The van der Waals surface area contributed by atoms with Crippen LogP contribution >= 0.6 is 0 Å². The Morgan fingerprint density at radius 3 is 2.75 bits per heavy atom. The third-order valence-electron chi connectivity index (χ3n) is 2.47. The van der Waals surface area contributed by atoms with Gasteiger partial charge in [0.15, 0.2) is 0 Å². The molecular weight excluding hydrogens is 148 g/mol. The molecule has 1 rings (SSSR count). The molecule has 1 aliphatic carbocycles. The topological polar surface area (TPSA) is 38.4 Å². The maximum atomic E-state index is 5.40. The van der Waals surface area contributed by atoms with Crippen LogP contribution in [0.25, 0.3) is 0 Å². The van der Waals surface area contributed by atoms with E-state index in [4.69, 9.17) is 5.73 Å². The molecule has 0 aromatic rings. The fourth-order valence-electron chi connectivity index (χ4n) is 1.54. The number of hydrogen-bond acceptors (Lipinski definition) is 2. The van der Waals surface area contributed by atoms with Crippen LogP contribution in [0, 0.1) is 0 Å². The summed E-state index contributed by atoms with van der Waals surface area (Å²) in [7, 11) is 0. The van der Waals surface area contributed by atoms with Gasteiger partial charge in [-0.05, 0) is 38.7 Å². The van der Waals surface area contributed by atoms with Gasteiger partial charge in [0.05, 0.1) is 6.54 Å². The zero-order chi connectivity index (χ0) is 8.97. The molecule has 0 aromatic carbocycles. The first-order valence-corrected chi connectivity index (χ1v) is 4.66. The van der Waals surface area contributed by atoms with Gasteiger partial charge in [0, 0.05) is 12.3 Å². The Bertz CT molecular complexity index is 214. The van der Waals surface area contributed by atoms with E-state index in [2.05, 4.69) is 18.8 Å². The van der Waals surface area contributed by atoms with Crippen LogP contribution in [0.1, 0.15) is 33.1 Å². The van der Waals surface area contributed by atoms with Crippen molar-refractivity contribution < 1.29 is 0 Å². The minimum atomic E-state index is 0.663. The zero-order valence-electron chi connectivity index (χ0n) is 8.06. The number of allylic oxidation sites excluding steroid dienone is 2. The summed E-state index contributed by atoms with van der Waals surface area (Å²) < 4.78 is 0. The van der Waals surface area contributed by atoms with Gasteiger partial charge in [-0.15, -0.1) is 0 Å². The maximum absolute atomic E-state index is 5.40. The molecule has 0 spiro atoms. The van der Waals surface area contributed by atoms with Crippen molar-refractivity contribution in [3.63, 3.8) is 0 Å². The predicted octanol–water partition coefficient (Wildman–Crippen LogP) is 1.91. The first-order chi connectivity index (χ1) is 5.75. The molecule has 0 saturated heterocycles. The van der Waals surface area contributed by atoms with E-state index in [0.29, 0.717) is 6.54 Å². The minimum absolute atomic E-state index is 0.663. The molecule has 0 amide bonds. The van der Waals surface area contributed by atoms with Gasteiger partial charge in [-0.25, -0.2) is 0 Å². The van der Waals surface area contributed by atoms with Crippen LogP contribution in [0.5, 0.6) is 0 Å². The fourth-order valence-corrected chi connectivity index (χ4v) is 1.54. The molecule has 0 fully saturated rings. The Kier molecular flexibility index (Phi) is 3.48. The summed E-state index contributed by atoms with van der Waals surface area (Å²) in [5.74, 6) is 0. The van der Waals surface area contributed by atoms with Crippen molar-refractivity contribution in [3.05, 3.63) is 11.1 Å². The Balaban J connectivity index is 2.71. The zero-order valence-corrected chi connectivity index (χ0v) is 8.06. The monoisotopic (exact) mass is 166 g/mol. The van der Waals surface area contributed by atoms with E-state index in [1.54, 1.807) is 0 Å². The van der Waals surface area contributed by atoms with Gasteiger partial charge in [-0.3, -0.25) is 4.99 Å². The molecule has 0 radical (unpaired) electrons. The van der Waals surface area contributed by atoms with Crippen LogP contribution < -0.4 is 5.73 Å². The summed E-state index contributed by atoms with van der Waals surface area (Å²) >= 11 is 0. The first-order valence-electron chi connectivity index (χ1n) is 4.66. The molecule has 0 atom stereocenters. The smallest absolute Gasteiger partial charge is 0.0515 e. The highest BCUT2D eigenvalue weighted by molar-refractivity contribution is 6.00. The van der Waals surface area contributed by atoms with Crippen molar-refractivity contribution in [1.29, 1.82) is 0 Å². The van der Waals surface area contributed by atoms with Crippen LogP contribution in [0.4, 0.5) is 0 Å². The predicted molar refractivity (Wildman–Crippen MR) is 53.6 cm³/mol. The number of nitrogens with two attached hydrogens (primary N) is 1. The molecule has 12 heavy (non-hydrogen) atoms. The van der Waals surface area contributed by atoms with Crippen molar-refractivity contribution in [1.82, 2.24) is 0 Å². The Morgan fingerprint density at radius 1 is 1.33 bits per heavy atom. The van der Waals surface area contributed by atoms with Gasteiger partial charge >= 0.3 is 0 Å². The summed E-state index contributed by atoms with van der Waals surface area (Å²) in [6, 6.07) is 0. The van der Waals surface area contributed by atoms with Gasteiger partial charge in [-0.2, -0.15) is 0 Å². The highest BCUT2D eigenvalue weighted by Gasteiger charge is 2.10. The van der Waals surface area contributed by atoms with Crippen LogP contribution in [0.15, 0.2) is 16.1 Å². The highest BCUT2D eigenvalue weighted by Crippen LogP contribution is 2.21. The molecule has 0 aliphatic heterocycles. The fraction of sp³-hybridized carbons (Fsp3) is 0.700. The second kappa shape index (κ2) is 4.41. The quantitative estimate of drug-likeness (QED) is 0.668. The molecule has 0 bridgehead atoms.